The summed E-state index contributed by atoms with van der Waals surface area (Å²) in [6.07, 6.45) is 20.4. The fourth-order valence-electron chi connectivity index (χ4n) is 3.68. The molecule has 8 heteroatoms. The standard InChI is InChI=1S/C24H48N4O3.Na/c1-2-3-4-5-6-7-8-9-10-11-12-13-14-15-16-19-22(29)28-21(23(30)31)18-17-20-27-24(25)26;/h21H,2-20H2,1H3,(H,28,29)(H,30,31)(H4,25,26,27);/t21-;/m0./s1. The molecule has 0 aliphatic heterocycles. The Morgan fingerprint density at radius 3 is 1.62 bits per heavy atom. The van der Waals surface area contributed by atoms with Gasteiger partial charge in [0.2, 0.25) is 5.91 Å². The Morgan fingerprint density at radius 1 is 0.781 bits per heavy atom. The molecule has 6 N–H and O–H groups in total. The summed E-state index contributed by atoms with van der Waals surface area (Å²) < 4.78 is 0. The molecule has 0 unspecified atom stereocenters. The molecule has 0 saturated carbocycles. The van der Waals surface area contributed by atoms with Crippen LogP contribution in [0.3, 0.4) is 0 Å². The maximum Gasteiger partial charge on any atom is 0.326 e. The van der Waals surface area contributed by atoms with Crippen molar-refractivity contribution >= 4 is 47.4 Å². The van der Waals surface area contributed by atoms with Crippen molar-refractivity contribution in [1.29, 1.82) is 0 Å². The topological polar surface area (TPSA) is 131 Å². The zero-order valence-corrected chi connectivity index (χ0v) is 22.9. The summed E-state index contributed by atoms with van der Waals surface area (Å²) in [5.41, 5.74) is 10.5. The quantitative estimate of drug-likeness (QED) is 0.0813. The third kappa shape index (κ3) is 23.9. The average Bonchev–Trinajstić information content (AvgIpc) is 2.72. The molecule has 0 aliphatic carbocycles. The number of unbranched alkanes of at least 4 members (excludes halogenated alkanes) is 14. The molecule has 0 aliphatic rings. The van der Waals surface area contributed by atoms with Gasteiger partial charge in [0, 0.05) is 42.5 Å². The van der Waals surface area contributed by atoms with Gasteiger partial charge in [-0.15, -0.1) is 0 Å². The van der Waals surface area contributed by atoms with Crippen molar-refractivity contribution in [2.75, 3.05) is 6.54 Å². The van der Waals surface area contributed by atoms with Gasteiger partial charge < -0.3 is 21.9 Å². The molecule has 1 radical (unpaired) electrons. The van der Waals surface area contributed by atoms with Gasteiger partial charge in [-0.2, -0.15) is 0 Å². The van der Waals surface area contributed by atoms with Gasteiger partial charge in [0.25, 0.3) is 0 Å². The first-order chi connectivity index (χ1) is 15.0. The van der Waals surface area contributed by atoms with Gasteiger partial charge in [-0.25, -0.2) is 4.79 Å². The minimum absolute atomic E-state index is 0. The first-order valence-electron chi connectivity index (χ1n) is 12.5. The van der Waals surface area contributed by atoms with Crippen molar-refractivity contribution in [1.82, 2.24) is 5.32 Å². The number of hydrogen-bond acceptors (Lipinski definition) is 3. The summed E-state index contributed by atoms with van der Waals surface area (Å²) in [6.45, 7) is 2.62. The number of carboxylic acids is 1. The van der Waals surface area contributed by atoms with E-state index in [0.717, 1.165) is 19.3 Å². The van der Waals surface area contributed by atoms with E-state index in [1.807, 2.05) is 0 Å². The van der Waals surface area contributed by atoms with Gasteiger partial charge in [-0.3, -0.25) is 9.79 Å². The molecule has 0 bridgehead atoms. The van der Waals surface area contributed by atoms with Gasteiger partial charge in [-0.05, 0) is 19.3 Å². The van der Waals surface area contributed by atoms with E-state index in [1.54, 1.807) is 0 Å². The third-order valence-electron chi connectivity index (χ3n) is 5.59. The van der Waals surface area contributed by atoms with Crippen LogP contribution in [0.4, 0.5) is 0 Å². The number of aliphatic carboxylic acids is 1. The summed E-state index contributed by atoms with van der Waals surface area (Å²) in [6, 6.07) is -0.877. The number of carbonyl (C=O) groups excluding carboxylic acids is 1. The van der Waals surface area contributed by atoms with E-state index in [2.05, 4.69) is 17.2 Å². The van der Waals surface area contributed by atoms with Gasteiger partial charge >= 0.3 is 5.97 Å². The second-order valence-electron chi connectivity index (χ2n) is 8.61. The number of rotatable bonds is 22. The molecule has 0 rings (SSSR count). The SMILES string of the molecule is CCCCCCCCCCCCCCCCCC(=O)N[C@@H](CCCN=C(N)N)C(=O)O.[Na]. The summed E-state index contributed by atoms with van der Waals surface area (Å²) in [5, 5.41) is 11.8. The summed E-state index contributed by atoms with van der Waals surface area (Å²) in [7, 11) is 0. The number of guanidine groups is 1. The second-order valence-corrected chi connectivity index (χ2v) is 8.61. The number of hydrogen-bond donors (Lipinski definition) is 4. The Bertz CT molecular complexity index is 486. The van der Waals surface area contributed by atoms with Crippen LogP contribution in [0.15, 0.2) is 4.99 Å². The van der Waals surface area contributed by atoms with Crippen molar-refractivity contribution in [2.24, 2.45) is 16.5 Å². The van der Waals surface area contributed by atoms with Crippen LogP contribution in [0.2, 0.25) is 0 Å². The Kier molecular flexibility index (Phi) is 25.9. The molecule has 0 saturated heterocycles. The molecule has 183 valence electrons. The van der Waals surface area contributed by atoms with E-state index in [9.17, 15) is 14.7 Å². The normalized spacial score (nSPS) is 11.4. The Morgan fingerprint density at radius 2 is 1.22 bits per heavy atom. The van der Waals surface area contributed by atoms with E-state index < -0.39 is 12.0 Å². The van der Waals surface area contributed by atoms with E-state index in [-0.39, 0.29) is 41.4 Å². The van der Waals surface area contributed by atoms with Crippen LogP contribution < -0.4 is 16.8 Å². The fourth-order valence-corrected chi connectivity index (χ4v) is 3.68. The number of nitrogens with one attached hydrogen (secondary N) is 1. The van der Waals surface area contributed by atoms with Crippen LogP contribution in [-0.4, -0.2) is 65.1 Å². The van der Waals surface area contributed by atoms with E-state index in [1.165, 1.54) is 77.0 Å². The van der Waals surface area contributed by atoms with Crippen molar-refractivity contribution in [3.63, 3.8) is 0 Å². The molecular formula is C24H48N4NaO3. The largest absolute Gasteiger partial charge is 0.480 e. The zero-order chi connectivity index (χ0) is 23.2. The Balaban J connectivity index is 0. The van der Waals surface area contributed by atoms with Crippen LogP contribution in [0.25, 0.3) is 0 Å². The van der Waals surface area contributed by atoms with Crippen molar-refractivity contribution < 1.29 is 14.7 Å². The van der Waals surface area contributed by atoms with E-state index in [0.29, 0.717) is 25.8 Å². The molecule has 0 fully saturated rings. The Hall–Kier alpha value is -0.790. The van der Waals surface area contributed by atoms with Crippen molar-refractivity contribution in [3.05, 3.63) is 0 Å². The van der Waals surface area contributed by atoms with Crippen LogP contribution in [-0.2, 0) is 9.59 Å². The van der Waals surface area contributed by atoms with Gasteiger partial charge in [-0.1, -0.05) is 96.8 Å². The number of nitrogens with zero attached hydrogens (tertiary/aromatic N) is 1. The van der Waals surface area contributed by atoms with Crippen molar-refractivity contribution in [3.8, 4) is 0 Å². The third-order valence-corrected chi connectivity index (χ3v) is 5.59. The molecule has 32 heavy (non-hydrogen) atoms. The van der Waals surface area contributed by atoms with E-state index >= 15 is 0 Å². The Labute approximate surface area is 218 Å². The first kappa shape index (κ1) is 33.4. The molecule has 1 atom stereocenters. The predicted octanol–water partition coefficient (Wildman–Crippen LogP) is 4.49. The van der Waals surface area contributed by atoms with E-state index in [4.69, 9.17) is 11.5 Å². The van der Waals surface area contributed by atoms with Crippen LogP contribution in [0.1, 0.15) is 122 Å². The monoisotopic (exact) mass is 463 g/mol. The first-order valence-corrected chi connectivity index (χ1v) is 12.5. The summed E-state index contributed by atoms with van der Waals surface area (Å²) in [4.78, 5) is 27.1. The molecule has 7 nitrogen and oxygen atoms in total. The number of aliphatic imine (C=N–C) groups is 1. The number of nitrogens with two attached hydrogens (primary N) is 2. The van der Waals surface area contributed by atoms with Crippen LogP contribution in [0, 0.1) is 0 Å². The van der Waals surface area contributed by atoms with Crippen molar-refractivity contribution in [2.45, 2.75) is 129 Å². The van der Waals surface area contributed by atoms with Gasteiger partial charge in [0.05, 0.1) is 0 Å². The molecule has 0 aromatic rings. The smallest absolute Gasteiger partial charge is 0.326 e. The van der Waals surface area contributed by atoms with Crippen LogP contribution in [0.5, 0.6) is 0 Å². The predicted molar refractivity (Wildman–Crippen MR) is 135 cm³/mol. The van der Waals surface area contributed by atoms with Gasteiger partial charge in [0.15, 0.2) is 5.96 Å². The molecule has 0 aromatic heterocycles. The number of carbonyl (C=O) groups is 2. The minimum atomic E-state index is -1.02. The number of carboxylic acid groups (broad SMARTS) is 1. The molecule has 0 spiro atoms. The average molecular weight is 464 g/mol. The summed E-state index contributed by atoms with van der Waals surface area (Å²) >= 11 is 0. The maximum atomic E-state index is 12.0. The summed E-state index contributed by atoms with van der Waals surface area (Å²) in [5.74, 6) is -1.22. The second kappa shape index (κ2) is 24.8. The number of amides is 1. The minimum Gasteiger partial charge on any atom is -0.480 e. The maximum absolute atomic E-state index is 12.0. The molecule has 0 heterocycles. The van der Waals surface area contributed by atoms with Gasteiger partial charge in [0.1, 0.15) is 6.04 Å². The molecule has 1 amide bonds. The molecule has 0 aromatic carbocycles. The zero-order valence-electron chi connectivity index (χ0n) is 20.9. The fraction of sp³-hybridized carbons (Fsp3) is 0.875. The van der Waals surface area contributed by atoms with Crippen LogP contribution >= 0.6 is 0 Å². The molecular weight excluding hydrogens is 415 g/mol.